The van der Waals surface area contributed by atoms with E-state index in [2.05, 4.69) is 47.7 Å². The van der Waals surface area contributed by atoms with Gasteiger partial charge in [0.05, 0.1) is 11.0 Å². The Morgan fingerprint density at radius 3 is 2.26 bits per heavy atom. The Morgan fingerprint density at radius 2 is 1.57 bits per heavy atom. The standard InChI is InChI=1S/C19H18N4/c1-3-12-23-18(14-10-8-13(2)9-11-14)22-17-19(23)21-16-7-5-4-6-15(16)20-17/h4-11H,3,12H2,1-2H3. The highest BCUT2D eigenvalue weighted by molar-refractivity contribution is 5.84. The van der Waals surface area contributed by atoms with Crippen molar-refractivity contribution in [3.05, 3.63) is 54.1 Å². The lowest BCUT2D eigenvalue weighted by Crippen LogP contribution is -2.01. The van der Waals surface area contributed by atoms with Gasteiger partial charge in [-0.3, -0.25) is 0 Å². The minimum absolute atomic E-state index is 0.715. The van der Waals surface area contributed by atoms with Crippen LogP contribution < -0.4 is 0 Å². The fraction of sp³-hybridized carbons (Fsp3) is 0.211. The molecule has 0 amide bonds. The lowest BCUT2D eigenvalue weighted by molar-refractivity contribution is 0.699. The van der Waals surface area contributed by atoms with Crippen molar-refractivity contribution in [2.45, 2.75) is 26.8 Å². The molecule has 0 N–H and O–H groups in total. The Bertz CT molecular complexity index is 984. The summed E-state index contributed by atoms with van der Waals surface area (Å²) in [6.45, 7) is 5.14. The molecule has 23 heavy (non-hydrogen) atoms. The van der Waals surface area contributed by atoms with Crippen LogP contribution in [0, 0.1) is 6.92 Å². The Morgan fingerprint density at radius 1 is 0.870 bits per heavy atom. The van der Waals surface area contributed by atoms with E-state index in [0.717, 1.165) is 41.0 Å². The van der Waals surface area contributed by atoms with Gasteiger partial charge in [0, 0.05) is 12.1 Å². The highest BCUT2D eigenvalue weighted by atomic mass is 15.2. The Hall–Kier alpha value is -2.75. The van der Waals surface area contributed by atoms with E-state index in [4.69, 9.17) is 9.97 Å². The maximum Gasteiger partial charge on any atom is 0.198 e. The third-order valence-electron chi connectivity index (χ3n) is 4.01. The predicted molar refractivity (Wildman–Crippen MR) is 93.3 cm³/mol. The van der Waals surface area contributed by atoms with Crippen LogP contribution in [0.1, 0.15) is 18.9 Å². The summed E-state index contributed by atoms with van der Waals surface area (Å²) in [4.78, 5) is 14.3. The monoisotopic (exact) mass is 302 g/mol. The first-order valence-electron chi connectivity index (χ1n) is 7.96. The topological polar surface area (TPSA) is 43.6 Å². The molecule has 0 saturated heterocycles. The van der Waals surface area contributed by atoms with Crippen LogP contribution in [0.4, 0.5) is 0 Å². The van der Waals surface area contributed by atoms with Crippen molar-refractivity contribution in [2.75, 3.05) is 0 Å². The smallest absolute Gasteiger partial charge is 0.198 e. The van der Waals surface area contributed by atoms with Gasteiger partial charge in [0.25, 0.3) is 0 Å². The van der Waals surface area contributed by atoms with E-state index in [-0.39, 0.29) is 0 Å². The molecule has 4 nitrogen and oxygen atoms in total. The van der Waals surface area contributed by atoms with Gasteiger partial charge < -0.3 is 4.57 Å². The molecule has 4 rings (SSSR count). The molecule has 2 aromatic carbocycles. The normalized spacial score (nSPS) is 11.4. The summed E-state index contributed by atoms with van der Waals surface area (Å²) in [6.07, 6.45) is 1.03. The molecule has 0 saturated carbocycles. The average molecular weight is 302 g/mol. The fourth-order valence-corrected chi connectivity index (χ4v) is 2.86. The highest BCUT2D eigenvalue weighted by Crippen LogP contribution is 2.25. The zero-order valence-electron chi connectivity index (χ0n) is 13.3. The lowest BCUT2D eigenvalue weighted by atomic mass is 10.1. The van der Waals surface area contributed by atoms with Crippen molar-refractivity contribution in [3.8, 4) is 11.4 Å². The summed E-state index contributed by atoms with van der Waals surface area (Å²) in [6, 6.07) is 16.4. The first-order valence-corrected chi connectivity index (χ1v) is 7.96. The van der Waals surface area contributed by atoms with Crippen LogP contribution in [0.15, 0.2) is 48.5 Å². The quantitative estimate of drug-likeness (QED) is 0.564. The minimum atomic E-state index is 0.715. The molecule has 0 aliphatic carbocycles. The number of para-hydroxylation sites is 2. The Labute approximate surface area is 134 Å². The van der Waals surface area contributed by atoms with Gasteiger partial charge in [-0.25, -0.2) is 15.0 Å². The largest absolute Gasteiger partial charge is 0.307 e. The van der Waals surface area contributed by atoms with Crippen molar-refractivity contribution in [3.63, 3.8) is 0 Å². The van der Waals surface area contributed by atoms with E-state index in [1.54, 1.807) is 0 Å². The van der Waals surface area contributed by atoms with Crippen LogP contribution in [0.5, 0.6) is 0 Å². The van der Waals surface area contributed by atoms with Gasteiger partial charge >= 0.3 is 0 Å². The molecule has 2 heterocycles. The van der Waals surface area contributed by atoms with E-state index in [0.29, 0.717) is 5.65 Å². The van der Waals surface area contributed by atoms with Crippen molar-refractivity contribution in [1.29, 1.82) is 0 Å². The van der Waals surface area contributed by atoms with Gasteiger partial charge in [-0.1, -0.05) is 48.9 Å². The molecule has 0 unspecified atom stereocenters. The first kappa shape index (κ1) is 13.9. The highest BCUT2D eigenvalue weighted by Gasteiger charge is 2.15. The molecule has 0 atom stereocenters. The summed E-state index contributed by atoms with van der Waals surface area (Å²) in [7, 11) is 0. The average Bonchev–Trinajstić information content (AvgIpc) is 2.92. The molecule has 0 aliphatic heterocycles. The Balaban J connectivity index is 2.00. The van der Waals surface area contributed by atoms with Crippen LogP contribution in [0.25, 0.3) is 33.7 Å². The zero-order valence-corrected chi connectivity index (χ0v) is 13.3. The van der Waals surface area contributed by atoms with Crippen molar-refractivity contribution >= 4 is 22.3 Å². The number of hydrogen-bond acceptors (Lipinski definition) is 3. The molecule has 0 aliphatic rings. The molecule has 4 heteroatoms. The number of hydrogen-bond donors (Lipinski definition) is 0. The van der Waals surface area contributed by atoms with Gasteiger partial charge in [0.2, 0.25) is 0 Å². The van der Waals surface area contributed by atoms with Gasteiger partial charge in [0.15, 0.2) is 11.3 Å². The molecular formula is C19H18N4. The third kappa shape index (κ3) is 2.36. The summed E-state index contributed by atoms with van der Waals surface area (Å²) in [5.74, 6) is 0.942. The number of fused-ring (bicyclic) bond motifs is 2. The van der Waals surface area contributed by atoms with E-state index < -0.39 is 0 Å². The van der Waals surface area contributed by atoms with Crippen LogP contribution in [0.2, 0.25) is 0 Å². The lowest BCUT2D eigenvalue weighted by Gasteiger charge is -2.07. The van der Waals surface area contributed by atoms with Gasteiger partial charge in [-0.2, -0.15) is 0 Å². The predicted octanol–water partition coefficient (Wildman–Crippen LogP) is 4.36. The van der Waals surface area contributed by atoms with Crippen molar-refractivity contribution < 1.29 is 0 Å². The first-order chi connectivity index (χ1) is 11.3. The van der Waals surface area contributed by atoms with E-state index in [9.17, 15) is 0 Å². The van der Waals surface area contributed by atoms with Gasteiger partial charge in [-0.15, -0.1) is 0 Å². The minimum Gasteiger partial charge on any atom is -0.307 e. The van der Waals surface area contributed by atoms with Crippen LogP contribution in [-0.4, -0.2) is 19.5 Å². The van der Waals surface area contributed by atoms with Gasteiger partial charge in [0.1, 0.15) is 5.82 Å². The third-order valence-corrected chi connectivity index (χ3v) is 4.01. The van der Waals surface area contributed by atoms with E-state index in [1.807, 2.05) is 24.3 Å². The number of aromatic nitrogens is 4. The van der Waals surface area contributed by atoms with Crippen LogP contribution >= 0.6 is 0 Å². The van der Waals surface area contributed by atoms with Crippen molar-refractivity contribution in [2.24, 2.45) is 0 Å². The Kier molecular flexibility index (Phi) is 3.30. The second-order valence-electron chi connectivity index (χ2n) is 5.81. The molecule has 114 valence electrons. The molecular weight excluding hydrogens is 284 g/mol. The maximum absolute atomic E-state index is 4.80. The SMILES string of the molecule is CCCn1c(-c2ccc(C)cc2)nc2nc3ccccc3nc21. The summed E-state index contributed by atoms with van der Waals surface area (Å²) in [5.41, 5.74) is 5.72. The molecule has 0 fully saturated rings. The summed E-state index contributed by atoms with van der Waals surface area (Å²) < 4.78 is 2.18. The fourth-order valence-electron chi connectivity index (χ4n) is 2.86. The molecule has 4 aromatic rings. The van der Waals surface area contributed by atoms with E-state index >= 15 is 0 Å². The molecule has 0 spiro atoms. The number of rotatable bonds is 3. The molecule has 0 radical (unpaired) electrons. The second kappa shape index (κ2) is 5.47. The summed E-state index contributed by atoms with van der Waals surface area (Å²) >= 11 is 0. The van der Waals surface area contributed by atoms with Crippen LogP contribution in [-0.2, 0) is 6.54 Å². The van der Waals surface area contributed by atoms with E-state index in [1.165, 1.54) is 5.56 Å². The zero-order chi connectivity index (χ0) is 15.8. The van der Waals surface area contributed by atoms with Crippen molar-refractivity contribution in [1.82, 2.24) is 19.5 Å². The summed E-state index contributed by atoms with van der Waals surface area (Å²) in [5, 5.41) is 0. The number of aryl methyl sites for hydroxylation is 2. The van der Waals surface area contributed by atoms with Gasteiger partial charge in [-0.05, 0) is 25.5 Å². The van der Waals surface area contributed by atoms with Crippen LogP contribution in [0.3, 0.4) is 0 Å². The second-order valence-corrected chi connectivity index (χ2v) is 5.81. The molecule has 0 bridgehead atoms. The number of nitrogens with zero attached hydrogens (tertiary/aromatic N) is 4. The maximum atomic E-state index is 4.80. The number of benzene rings is 2. The molecule has 2 aromatic heterocycles. The number of imidazole rings is 1.